The van der Waals surface area contributed by atoms with Crippen molar-refractivity contribution < 1.29 is 14.3 Å². The van der Waals surface area contributed by atoms with E-state index in [0.717, 1.165) is 55.8 Å². The molecule has 0 unspecified atom stereocenters. The van der Waals surface area contributed by atoms with Gasteiger partial charge in [0, 0.05) is 37.4 Å². The molecule has 2 aliphatic heterocycles. The fourth-order valence-electron chi connectivity index (χ4n) is 4.56. The van der Waals surface area contributed by atoms with Crippen molar-refractivity contribution in [3.8, 4) is 5.75 Å². The minimum Gasteiger partial charge on any atom is -0.497 e. The summed E-state index contributed by atoms with van der Waals surface area (Å²) >= 11 is 0. The van der Waals surface area contributed by atoms with Crippen LogP contribution in [0.15, 0.2) is 42.5 Å². The van der Waals surface area contributed by atoms with Crippen LogP contribution in [0.4, 0.5) is 10.5 Å². The summed E-state index contributed by atoms with van der Waals surface area (Å²) in [7, 11) is 1.69. The first-order valence-corrected chi connectivity index (χ1v) is 11.1. The number of nitrogens with zero attached hydrogens (tertiary/aromatic N) is 2. The van der Waals surface area contributed by atoms with Gasteiger partial charge in [0.2, 0.25) is 0 Å². The fraction of sp³-hybridized carbons (Fsp3) is 0.440. The Morgan fingerprint density at radius 2 is 1.84 bits per heavy atom. The number of piperidine rings is 1. The van der Waals surface area contributed by atoms with Gasteiger partial charge in [-0.3, -0.25) is 9.69 Å². The Balaban J connectivity index is 1.29. The molecule has 0 spiro atoms. The maximum absolute atomic E-state index is 13.0. The molecule has 0 bridgehead atoms. The summed E-state index contributed by atoms with van der Waals surface area (Å²) in [5.41, 5.74) is 3.88. The number of anilines is 1. The van der Waals surface area contributed by atoms with Crippen LogP contribution < -0.4 is 15.0 Å². The lowest BCUT2D eigenvalue weighted by Crippen LogP contribution is -2.38. The van der Waals surface area contributed by atoms with Gasteiger partial charge in [-0.2, -0.15) is 0 Å². The number of hydrogen-bond acceptors (Lipinski definition) is 3. The molecule has 6 nitrogen and oxygen atoms in total. The maximum Gasteiger partial charge on any atom is 0.322 e. The first-order chi connectivity index (χ1) is 15.0. The summed E-state index contributed by atoms with van der Waals surface area (Å²) < 4.78 is 5.22. The fourth-order valence-corrected chi connectivity index (χ4v) is 4.56. The van der Waals surface area contributed by atoms with E-state index in [-0.39, 0.29) is 11.9 Å². The first-order valence-electron chi connectivity index (χ1n) is 11.1. The molecule has 0 aliphatic carbocycles. The largest absolute Gasteiger partial charge is 0.497 e. The van der Waals surface area contributed by atoms with Crippen molar-refractivity contribution in [1.29, 1.82) is 0 Å². The molecule has 2 fully saturated rings. The van der Waals surface area contributed by atoms with Crippen molar-refractivity contribution in [3.05, 3.63) is 59.2 Å². The molecule has 2 aliphatic rings. The monoisotopic (exact) mass is 421 g/mol. The van der Waals surface area contributed by atoms with Crippen LogP contribution in [0.3, 0.4) is 0 Å². The average Bonchev–Trinajstić information content (AvgIpc) is 3.23. The van der Waals surface area contributed by atoms with Crippen LogP contribution in [-0.4, -0.2) is 50.1 Å². The van der Waals surface area contributed by atoms with Crippen LogP contribution in [0, 0.1) is 12.8 Å². The molecule has 4 rings (SSSR count). The number of likely N-dealkylation sites (tertiary alicyclic amines) is 1. The highest BCUT2D eigenvalue weighted by Gasteiger charge is 2.26. The number of hydrogen-bond donors (Lipinski definition) is 1. The van der Waals surface area contributed by atoms with Crippen LogP contribution in [0.5, 0.6) is 5.75 Å². The van der Waals surface area contributed by atoms with E-state index in [0.29, 0.717) is 24.6 Å². The number of aryl methyl sites for hydroxylation is 2. The van der Waals surface area contributed by atoms with Gasteiger partial charge in [0.1, 0.15) is 5.75 Å². The summed E-state index contributed by atoms with van der Waals surface area (Å²) in [5, 5.41) is 2.82. The van der Waals surface area contributed by atoms with E-state index in [1.807, 2.05) is 42.2 Å². The third-order valence-corrected chi connectivity index (χ3v) is 6.49. The molecule has 2 saturated heterocycles. The third-order valence-electron chi connectivity index (χ3n) is 6.49. The second kappa shape index (κ2) is 9.41. The van der Waals surface area contributed by atoms with E-state index in [1.165, 1.54) is 5.56 Å². The standard InChI is InChI=1S/C25H31N3O3/c1-18-17-21(7-10-23(18)28-16-13-26-25(28)30)24(29)27-14-11-20(12-15-27)4-3-19-5-8-22(31-2)9-6-19/h5-10,17,20H,3-4,11-16H2,1-2H3,(H,26,30). The van der Waals surface area contributed by atoms with E-state index in [4.69, 9.17) is 4.74 Å². The lowest BCUT2D eigenvalue weighted by atomic mass is 9.90. The molecule has 0 atom stereocenters. The van der Waals surface area contributed by atoms with Crippen molar-refractivity contribution in [2.45, 2.75) is 32.6 Å². The molecular weight excluding hydrogens is 390 g/mol. The number of carbonyl (C=O) groups excluding carboxylic acids is 2. The second-order valence-electron chi connectivity index (χ2n) is 8.51. The molecule has 6 heteroatoms. The van der Waals surface area contributed by atoms with E-state index < -0.39 is 0 Å². The minimum atomic E-state index is -0.0705. The summed E-state index contributed by atoms with van der Waals surface area (Å²) in [6.07, 6.45) is 4.31. The van der Waals surface area contributed by atoms with Crippen molar-refractivity contribution in [2.75, 3.05) is 38.2 Å². The number of methoxy groups -OCH3 is 1. The van der Waals surface area contributed by atoms with Crippen LogP contribution in [0.1, 0.15) is 40.7 Å². The second-order valence-corrected chi connectivity index (χ2v) is 8.51. The Hall–Kier alpha value is -3.02. The van der Waals surface area contributed by atoms with Gasteiger partial charge in [-0.25, -0.2) is 4.79 Å². The van der Waals surface area contributed by atoms with Crippen molar-refractivity contribution in [2.24, 2.45) is 5.92 Å². The molecule has 2 aromatic rings. The highest BCUT2D eigenvalue weighted by atomic mass is 16.5. The molecule has 31 heavy (non-hydrogen) atoms. The highest BCUT2D eigenvalue weighted by Crippen LogP contribution is 2.26. The number of benzene rings is 2. The molecule has 0 saturated carbocycles. The van der Waals surface area contributed by atoms with Gasteiger partial charge in [0.15, 0.2) is 0 Å². The predicted molar refractivity (Wildman–Crippen MR) is 122 cm³/mol. The van der Waals surface area contributed by atoms with Gasteiger partial charge in [0.05, 0.1) is 7.11 Å². The molecule has 0 radical (unpaired) electrons. The van der Waals surface area contributed by atoms with Crippen LogP contribution in [0.2, 0.25) is 0 Å². The molecule has 164 valence electrons. The van der Waals surface area contributed by atoms with Crippen molar-refractivity contribution >= 4 is 17.6 Å². The normalized spacial score (nSPS) is 17.0. The number of nitrogens with one attached hydrogen (secondary N) is 1. The quantitative estimate of drug-likeness (QED) is 0.766. The molecular formula is C25H31N3O3. The smallest absolute Gasteiger partial charge is 0.322 e. The third kappa shape index (κ3) is 4.84. The summed E-state index contributed by atoms with van der Waals surface area (Å²) in [5.74, 6) is 1.64. The summed E-state index contributed by atoms with van der Waals surface area (Å²) in [4.78, 5) is 28.7. The van der Waals surface area contributed by atoms with Crippen LogP contribution in [-0.2, 0) is 6.42 Å². The number of carbonyl (C=O) groups is 2. The Bertz CT molecular complexity index is 934. The number of rotatable bonds is 6. The minimum absolute atomic E-state index is 0.0705. The van der Waals surface area contributed by atoms with Gasteiger partial charge in [0.25, 0.3) is 5.91 Å². The topological polar surface area (TPSA) is 61.9 Å². The van der Waals surface area contributed by atoms with Gasteiger partial charge in [-0.1, -0.05) is 12.1 Å². The van der Waals surface area contributed by atoms with Crippen LogP contribution in [0.25, 0.3) is 0 Å². The summed E-state index contributed by atoms with van der Waals surface area (Å²) in [6.45, 7) is 4.90. The first kappa shape index (κ1) is 21.2. The van der Waals surface area contributed by atoms with Gasteiger partial charge in [-0.15, -0.1) is 0 Å². The number of amides is 3. The van der Waals surface area contributed by atoms with Gasteiger partial charge in [-0.05, 0) is 80.0 Å². The van der Waals surface area contributed by atoms with Gasteiger partial charge < -0.3 is 15.0 Å². The lowest BCUT2D eigenvalue weighted by molar-refractivity contribution is 0.0687. The SMILES string of the molecule is COc1ccc(CCC2CCN(C(=O)c3ccc(N4CCNC4=O)c(C)c3)CC2)cc1. The van der Waals surface area contributed by atoms with Crippen molar-refractivity contribution in [1.82, 2.24) is 10.2 Å². The highest BCUT2D eigenvalue weighted by molar-refractivity contribution is 5.98. The molecule has 1 N–H and O–H groups in total. The summed E-state index contributed by atoms with van der Waals surface area (Å²) in [6, 6.07) is 13.9. The van der Waals surface area contributed by atoms with E-state index >= 15 is 0 Å². The van der Waals surface area contributed by atoms with E-state index in [2.05, 4.69) is 17.4 Å². The van der Waals surface area contributed by atoms with Gasteiger partial charge >= 0.3 is 6.03 Å². The molecule has 2 heterocycles. The Morgan fingerprint density at radius 1 is 1.10 bits per heavy atom. The average molecular weight is 422 g/mol. The zero-order valence-electron chi connectivity index (χ0n) is 18.4. The number of ether oxygens (including phenoxy) is 1. The van der Waals surface area contributed by atoms with Crippen molar-refractivity contribution in [3.63, 3.8) is 0 Å². The Morgan fingerprint density at radius 3 is 2.45 bits per heavy atom. The molecule has 3 amide bonds. The zero-order valence-corrected chi connectivity index (χ0v) is 18.4. The number of urea groups is 1. The maximum atomic E-state index is 13.0. The molecule has 2 aromatic carbocycles. The lowest BCUT2D eigenvalue weighted by Gasteiger charge is -2.32. The van der Waals surface area contributed by atoms with E-state index in [9.17, 15) is 9.59 Å². The Kier molecular flexibility index (Phi) is 6.44. The van der Waals surface area contributed by atoms with Crippen LogP contribution >= 0.6 is 0 Å². The van der Waals surface area contributed by atoms with E-state index in [1.54, 1.807) is 12.0 Å². The predicted octanol–water partition coefficient (Wildman–Crippen LogP) is 4.02. The molecule has 0 aromatic heterocycles. The Labute approximate surface area is 184 Å². The zero-order chi connectivity index (χ0) is 21.8.